The van der Waals surface area contributed by atoms with E-state index in [9.17, 15) is 14.9 Å². The number of benzene rings is 3. The van der Waals surface area contributed by atoms with Gasteiger partial charge in [-0.2, -0.15) is 0 Å². The van der Waals surface area contributed by atoms with Crippen molar-refractivity contribution < 1.29 is 19.2 Å². The minimum absolute atomic E-state index is 0.172. The number of allylic oxidation sites excluding steroid dienone is 1. The van der Waals surface area contributed by atoms with Crippen LogP contribution in [0.15, 0.2) is 60.7 Å². The molecule has 0 atom stereocenters. The molecule has 136 valence electrons. The molecule has 0 radical (unpaired) electrons. The molecule has 6 nitrogen and oxygen atoms in total. The quantitative estimate of drug-likeness (QED) is 0.275. The minimum Gasteiger partial charge on any atom is -0.493 e. The van der Waals surface area contributed by atoms with E-state index in [1.54, 1.807) is 6.07 Å². The molecule has 0 saturated heterocycles. The minimum atomic E-state index is -0.524. The molecular weight excluding hydrogens is 346 g/mol. The summed E-state index contributed by atoms with van der Waals surface area (Å²) in [6, 6.07) is 15.8. The van der Waals surface area contributed by atoms with Crippen molar-refractivity contribution >= 4 is 28.3 Å². The first-order valence-electron chi connectivity index (χ1n) is 8.15. The van der Waals surface area contributed by atoms with Crippen molar-refractivity contribution in [3.8, 4) is 11.5 Å². The second-order valence-corrected chi connectivity index (χ2v) is 5.75. The number of nitrogens with zero attached hydrogens (tertiary/aromatic N) is 1. The Morgan fingerprint density at radius 3 is 2.37 bits per heavy atom. The van der Waals surface area contributed by atoms with Gasteiger partial charge in [0.15, 0.2) is 17.3 Å². The summed E-state index contributed by atoms with van der Waals surface area (Å²) in [5.41, 5.74) is 0.619. The molecule has 0 aliphatic heterocycles. The lowest BCUT2D eigenvalue weighted by molar-refractivity contribution is -0.385. The van der Waals surface area contributed by atoms with Crippen molar-refractivity contribution in [2.45, 2.75) is 0 Å². The van der Waals surface area contributed by atoms with Crippen molar-refractivity contribution in [1.82, 2.24) is 0 Å². The van der Waals surface area contributed by atoms with Crippen LogP contribution in [0.5, 0.6) is 11.5 Å². The fraction of sp³-hybridized carbons (Fsp3) is 0.0952. The largest absolute Gasteiger partial charge is 0.493 e. The fourth-order valence-corrected chi connectivity index (χ4v) is 2.87. The molecule has 0 spiro atoms. The molecule has 27 heavy (non-hydrogen) atoms. The zero-order chi connectivity index (χ0) is 19.4. The number of carbonyl (C=O) groups excluding carboxylic acids is 1. The van der Waals surface area contributed by atoms with E-state index in [2.05, 4.69) is 0 Å². The molecule has 3 aromatic rings. The highest BCUT2D eigenvalue weighted by Crippen LogP contribution is 2.35. The Labute approximate surface area is 155 Å². The number of rotatable bonds is 6. The Balaban J connectivity index is 2.02. The van der Waals surface area contributed by atoms with Crippen molar-refractivity contribution in [1.29, 1.82) is 0 Å². The maximum absolute atomic E-state index is 12.7. The number of methoxy groups -OCH3 is 2. The number of ketones is 1. The number of ether oxygens (including phenoxy) is 2. The molecule has 0 aliphatic carbocycles. The van der Waals surface area contributed by atoms with Gasteiger partial charge in [-0.15, -0.1) is 0 Å². The van der Waals surface area contributed by atoms with E-state index in [4.69, 9.17) is 9.47 Å². The molecule has 0 bridgehead atoms. The molecule has 0 amide bonds. The molecule has 3 rings (SSSR count). The lowest BCUT2D eigenvalue weighted by Crippen LogP contribution is -1.98. The zero-order valence-electron chi connectivity index (χ0n) is 14.8. The van der Waals surface area contributed by atoms with Gasteiger partial charge in [-0.3, -0.25) is 14.9 Å². The third kappa shape index (κ3) is 3.64. The highest BCUT2D eigenvalue weighted by Gasteiger charge is 2.18. The lowest BCUT2D eigenvalue weighted by Gasteiger charge is -2.08. The number of hydrogen-bond acceptors (Lipinski definition) is 5. The molecule has 3 aromatic carbocycles. The van der Waals surface area contributed by atoms with Crippen LogP contribution in [0.4, 0.5) is 5.69 Å². The van der Waals surface area contributed by atoms with Gasteiger partial charge >= 0.3 is 0 Å². The van der Waals surface area contributed by atoms with Gasteiger partial charge < -0.3 is 9.47 Å². The maximum atomic E-state index is 12.7. The smallest absolute Gasteiger partial charge is 0.280 e. The van der Waals surface area contributed by atoms with E-state index in [0.29, 0.717) is 11.3 Å². The average molecular weight is 363 g/mol. The summed E-state index contributed by atoms with van der Waals surface area (Å²) in [5.74, 6) is 0.359. The van der Waals surface area contributed by atoms with E-state index in [1.807, 2.05) is 36.4 Å². The first kappa shape index (κ1) is 18.1. The Bertz CT molecular complexity index is 1050. The molecule has 0 saturated carbocycles. The monoisotopic (exact) mass is 363 g/mol. The number of carbonyl (C=O) groups is 1. The second kappa shape index (κ2) is 7.70. The third-order valence-corrected chi connectivity index (χ3v) is 4.20. The van der Waals surface area contributed by atoms with Crippen molar-refractivity contribution in [2.24, 2.45) is 0 Å². The van der Waals surface area contributed by atoms with Gasteiger partial charge in [0, 0.05) is 5.56 Å². The van der Waals surface area contributed by atoms with Crippen molar-refractivity contribution in [3.05, 3.63) is 81.9 Å². The molecule has 0 aromatic heterocycles. The second-order valence-electron chi connectivity index (χ2n) is 5.75. The third-order valence-electron chi connectivity index (χ3n) is 4.20. The van der Waals surface area contributed by atoms with Gasteiger partial charge in [0.1, 0.15) is 0 Å². The number of nitro benzene ring substituents is 1. The molecule has 0 N–H and O–H groups in total. The van der Waals surface area contributed by atoms with Crippen molar-refractivity contribution in [3.63, 3.8) is 0 Å². The fourth-order valence-electron chi connectivity index (χ4n) is 2.87. The van der Waals surface area contributed by atoms with Gasteiger partial charge in [0.05, 0.1) is 30.8 Å². The standard InChI is InChI=1S/C21H17NO5/c1-26-20-12-15(18(22(24)25)13-21(20)27-2)10-11-19(23)17-9-5-7-14-6-3-4-8-16(14)17/h3-13H,1-2H3/b11-10+. The van der Waals surface area contributed by atoms with E-state index in [-0.39, 0.29) is 22.8 Å². The summed E-state index contributed by atoms with van der Waals surface area (Å²) in [4.78, 5) is 23.5. The normalized spacial score (nSPS) is 10.9. The Hall–Kier alpha value is -3.67. The lowest BCUT2D eigenvalue weighted by atomic mass is 10.0. The molecule has 0 heterocycles. The summed E-state index contributed by atoms with van der Waals surface area (Å²) in [6.07, 6.45) is 2.75. The van der Waals surface area contributed by atoms with Gasteiger partial charge in [-0.25, -0.2) is 0 Å². The van der Waals surface area contributed by atoms with Crippen LogP contribution >= 0.6 is 0 Å². The van der Waals surface area contributed by atoms with Gasteiger partial charge in [0.25, 0.3) is 5.69 Å². The molecule has 0 unspecified atom stereocenters. The van der Waals surface area contributed by atoms with Gasteiger partial charge in [0.2, 0.25) is 0 Å². The average Bonchev–Trinajstić information content (AvgIpc) is 2.70. The van der Waals surface area contributed by atoms with Crippen LogP contribution in [0.25, 0.3) is 16.8 Å². The SMILES string of the molecule is COc1cc(/C=C/C(=O)c2cccc3ccccc23)c([N+](=O)[O-])cc1OC. The molecular formula is C21H17NO5. The molecule has 6 heteroatoms. The molecule has 0 fully saturated rings. The van der Waals surface area contributed by atoms with E-state index in [1.165, 1.54) is 38.5 Å². The highest BCUT2D eigenvalue weighted by atomic mass is 16.6. The van der Waals surface area contributed by atoms with Gasteiger partial charge in [-0.05, 0) is 29.0 Å². The highest BCUT2D eigenvalue weighted by molar-refractivity contribution is 6.14. The summed E-state index contributed by atoms with van der Waals surface area (Å²) >= 11 is 0. The number of hydrogen-bond donors (Lipinski definition) is 0. The van der Waals surface area contributed by atoms with Crippen LogP contribution in [0.3, 0.4) is 0 Å². The number of fused-ring (bicyclic) bond motifs is 1. The predicted molar refractivity (Wildman–Crippen MR) is 104 cm³/mol. The van der Waals surface area contributed by atoms with Crippen LogP contribution in [-0.4, -0.2) is 24.9 Å². The molecule has 0 aliphatic rings. The Morgan fingerprint density at radius 1 is 1.00 bits per heavy atom. The van der Waals surface area contributed by atoms with Crippen LogP contribution in [0.1, 0.15) is 15.9 Å². The predicted octanol–water partition coefficient (Wildman–Crippen LogP) is 4.66. The summed E-state index contributed by atoms with van der Waals surface area (Å²) in [6.45, 7) is 0. The first-order valence-corrected chi connectivity index (χ1v) is 8.15. The van der Waals surface area contributed by atoms with E-state index >= 15 is 0 Å². The maximum Gasteiger partial charge on any atom is 0.280 e. The first-order chi connectivity index (χ1) is 13.0. The van der Waals surface area contributed by atoms with Crippen LogP contribution < -0.4 is 9.47 Å². The Kier molecular flexibility index (Phi) is 5.17. The van der Waals surface area contributed by atoms with E-state index < -0.39 is 4.92 Å². The van der Waals surface area contributed by atoms with E-state index in [0.717, 1.165) is 10.8 Å². The summed E-state index contributed by atoms with van der Waals surface area (Å²) in [5, 5.41) is 13.2. The zero-order valence-corrected chi connectivity index (χ0v) is 14.8. The van der Waals surface area contributed by atoms with Crippen LogP contribution in [-0.2, 0) is 0 Å². The van der Waals surface area contributed by atoms with Crippen molar-refractivity contribution in [2.75, 3.05) is 14.2 Å². The van der Waals surface area contributed by atoms with Crippen LogP contribution in [0, 0.1) is 10.1 Å². The summed E-state index contributed by atoms with van der Waals surface area (Å²) in [7, 11) is 2.85. The summed E-state index contributed by atoms with van der Waals surface area (Å²) < 4.78 is 10.3. The van der Waals surface area contributed by atoms with Gasteiger partial charge in [-0.1, -0.05) is 42.5 Å². The number of nitro groups is 1. The van der Waals surface area contributed by atoms with Crippen LogP contribution in [0.2, 0.25) is 0 Å². The Morgan fingerprint density at radius 2 is 1.67 bits per heavy atom. The topological polar surface area (TPSA) is 78.7 Å².